The molecule has 2 rings (SSSR count). The third-order valence-electron chi connectivity index (χ3n) is 4.68. The Morgan fingerprint density at radius 3 is 2.36 bits per heavy atom. The smallest absolute Gasteiger partial charge is 0.251 e. The second-order valence-electron chi connectivity index (χ2n) is 7.17. The summed E-state index contributed by atoms with van der Waals surface area (Å²) in [6, 6.07) is 6.18. The highest BCUT2D eigenvalue weighted by Crippen LogP contribution is 2.18. The first-order chi connectivity index (χ1) is 11.9. The highest BCUT2D eigenvalue weighted by molar-refractivity contribution is 6.30. The summed E-state index contributed by atoms with van der Waals surface area (Å²) in [7, 11) is 0. The van der Waals surface area contributed by atoms with Crippen LogP contribution in [-0.4, -0.2) is 42.4 Å². The maximum atomic E-state index is 12.9. The summed E-state index contributed by atoms with van der Waals surface area (Å²) in [4.78, 5) is 27.3. The van der Waals surface area contributed by atoms with Gasteiger partial charge in [-0.05, 0) is 61.9 Å². The van der Waals surface area contributed by atoms with E-state index in [-0.39, 0.29) is 11.8 Å². The van der Waals surface area contributed by atoms with Crippen molar-refractivity contribution < 1.29 is 9.59 Å². The number of benzene rings is 1. The van der Waals surface area contributed by atoms with Crippen LogP contribution in [0.4, 0.5) is 0 Å². The van der Waals surface area contributed by atoms with Gasteiger partial charge >= 0.3 is 0 Å². The van der Waals surface area contributed by atoms with Crippen molar-refractivity contribution in [1.29, 1.82) is 0 Å². The van der Waals surface area contributed by atoms with Crippen LogP contribution in [0.5, 0.6) is 0 Å². The molecule has 1 heterocycles. The topological polar surface area (TPSA) is 75.4 Å². The van der Waals surface area contributed by atoms with Gasteiger partial charge in [0.2, 0.25) is 5.91 Å². The van der Waals surface area contributed by atoms with Gasteiger partial charge in [-0.3, -0.25) is 9.59 Å². The molecule has 1 saturated heterocycles. The summed E-state index contributed by atoms with van der Waals surface area (Å²) in [5, 5.41) is 3.49. The fourth-order valence-corrected chi connectivity index (χ4v) is 3.27. The van der Waals surface area contributed by atoms with Crippen molar-refractivity contribution in [2.24, 2.45) is 17.6 Å². The average Bonchev–Trinajstić information content (AvgIpc) is 2.60. The van der Waals surface area contributed by atoms with E-state index >= 15 is 0 Å². The molecule has 1 fully saturated rings. The summed E-state index contributed by atoms with van der Waals surface area (Å²) in [5.74, 6) is 0.566. The van der Waals surface area contributed by atoms with Crippen molar-refractivity contribution >= 4 is 23.4 Å². The minimum atomic E-state index is -0.502. The average molecular weight is 366 g/mol. The molecule has 1 aliphatic heterocycles. The molecule has 1 aliphatic rings. The van der Waals surface area contributed by atoms with Crippen LogP contribution in [0, 0.1) is 11.8 Å². The van der Waals surface area contributed by atoms with E-state index in [9.17, 15) is 9.59 Å². The monoisotopic (exact) mass is 365 g/mol. The standard InChI is InChI=1S/C19H28ClN3O2/c1-13(2)11-17(19(25)23-9-7-14(12-21)8-10-23)22-18(24)15-3-5-16(20)6-4-15/h3-6,13-14,17H,7-12,21H2,1-2H3,(H,22,24). The van der Waals surface area contributed by atoms with Gasteiger partial charge in [0.25, 0.3) is 5.91 Å². The number of halogens is 1. The van der Waals surface area contributed by atoms with Gasteiger partial charge in [0, 0.05) is 23.7 Å². The summed E-state index contributed by atoms with van der Waals surface area (Å²) in [5.41, 5.74) is 6.23. The van der Waals surface area contributed by atoms with E-state index in [1.807, 2.05) is 4.90 Å². The molecule has 0 aromatic heterocycles. The molecule has 1 atom stereocenters. The molecule has 138 valence electrons. The van der Waals surface area contributed by atoms with Crippen LogP contribution in [0.2, 0.25) is 5.02 Å². The Morgan fingerprint density at radius 2 is 1.84 bits per heavy atom. The van der Waals surface area contributed by atoms with E-state index in [0.717, 1.165) is 12.8 Å². The number of rotatable bonds is 6. The van der Waals surface area contributed by atoms with Crippen LogP contribution in [0.1, 0.15) is 43.5 Å². The summed E-state index contributed by atoms with van der Waals surface area (Å²) in [6.45, 7) is 6.20. The third-order valence-corrected chi connectivity index (χ3v) is 4.93. The number of nitrogens with two attached hydrogens (primary N) is 1. The number of nitrogens with one attached hydrogen (secondary N) is 1. The van der Waals surface area contributed by atoms with Gasteiger partial charge in [0.05, 0.1) is 0 Å². The number of amides is 2. The van der Waals surface area contributed by atoms with Crippen molar-refractivity contribution in [3.8, 4) is 0 Å². The van der Waals surface area contributed by atoms with Gasteiger partial charge < -0.3 is 16.0 Å². The van der Waals surface area contributed by atoms with Crippen molar-refractivity contribution in [3.05, 3.63) is 34.9 Å². The van der Waals surface area contributed by atoms with E-state index in [0.29, 0.717) is 48.5 Å². The molecule has 2 amide bonds. The van der Waals surface area contributed by atoms with E-state index < -0.39 is 6.04 Å². The van der Waals surface area contributed by atoms with E-state index in [2.05, 4.69) is 19.2 Å². The number of hydrogen-bond donors (Lipinski definition) is 2. The predicted molar refractivity (Wildman–Crippen MR) is 101 cm³/mol. The van der Waals surface area contributed by atoms with Crippen molar-refractivity contribution in [2.75, 3.05) is 19.6 Å². The van der Waals surface area contributed by atoms with Crippen molar-refractivity contribution in [3.63, 3.8) is 0 Å². The lowest BCUT2D eigenvalue weighted by molar-refractivity contribution is -0.135. The number of carbonyl (C=O) groups is 2. The zero-order valence-electron chi connectivity index (χ0n) is 15.0. The first-order valence-corrected chi connectivity index (χ1v) is 9.33. The van der Waals surface area contributed by atoms with Crippen LogP contribution >= 0.6 is 11.6 Å². The van der Waals surface area contributed by atoms with Gasteiger partial charge in [-0.2, -0.15) is 0 Å². The first kappa shape index (κ1) is 19.7. The molecule has 3 N–H and O–H groups in total. The zero-order valence-corrected chi connectivity index (χ0v) is 15.8. The quantitative estimate of drug-likeness (QED) is 0.813. The molecule has 25 heavy (non-hydrogen) atoms. The summed E-state index contributed by atoms with van der Waals surface area (Å²) in [6.07, 6.45) is 2.48. The fraction of sp³-hybridized carbons (Fsp3) is 0.579. The van der Waals surface area contributed by atoms with Gasteiger partial charge in [-0.25, -0.2) is 0 Å². The highest BCUT2D eigenvalue weighted by Gasteiger charge is 2.29. The second-order valence-corrected chi connectivity index (χ2v) is 7.60. The van der Waals surface area contributed by atoms with Crippen LogP contribution in [-0.2, 0) is 4.79 Å². The van der Waals surface area contributed by atoms with E-state index in [1.54, 1.807) is 24.3 Å². The van der Waals surface area contributed by atoms with E-state index in [1.165, 1.54) is 0 Å². The first-order valence-electron chi connectivity index (χ1n) is 8.96. The molecule has 5 nitrogen and oxygen atoms in total. The Bertz CT molecular complexity index is 581. The SMILES string of the molecule is CC(C)CC(NC(=O)c1ccc(Cl)cc1)C(=O)N1CCC(CN)CC1. The van der Waals surface area contributed by atoms with Gasteiger partial charge in [0.1, 0.15) is 6.04 Å². The van der Waals surface area contributed by atoms with Gasteiger partial charge in [-0.15, -0.1) is 0 Å². The number of piperidine rings is 1. The highest BCUT2D eigenvalue weighted by atomic mass is 35.5. The van der Waals surface area contributed by atoms with Crippen LogP contribution in [0.25, 0.3) is 0 Å². The molecule has 0 spiro atoms. The zero-order chi connectivity index (χ0) is 18.4. The number of nitrogens with zero attached hydrogens (tertiary/aromatic N) is 1. The summed E-state index contributed by atoms with van der Waals surface area (Å²) >= 11 is 5.87. The minimum Gasteiger partial charge on any atom is -0.341 e. The lowest BCUT2D eigenvalue weighted by Crippen LogP contribution is -2.51. The van der Waals surface area contributed by atoms with Crippen LogP contribution in [0.3, 0.4) is 0 Å². The Hall–Kier alpha value is -1.59. The third kappa shape index (κ3) is 5.72. The van der Waals surface area contributed by atoms with Gasteiger partial charge in [0.15, 0.2) is 0 Å². The lowest BCUT2D eigenvalue weighted by atomic mass is 9.95. The molecule has 1 aromatic carbocycles. The van der Waals surface area contributed by atoms with Crippen molar-refractivity contribution in [2.45, 2.75) is 39.2 Å². The maximum absolute atomic E-state index is 12.9. The molecule has 1 aromatic rings. The van der Waals surface area contributed by atoms with Crippen molar-refractivity contribution in [1.82, 2.24) is 10.2 Å². The Morgan fingerprint density at radius 1 is 1.24 bits per heavy atom. The van der Waals surface area contributed by atoms with Crippen LogP contribution in [0.15, 0.2) is 24.3 Å². The molecule has 0 radical (unpaired) electrons. The number of carbonyl (C=O) groups excluding carboxylic acids is 2. The molecule has 6 heteroatoms. The molecular formula is C19H28ClN3O2. The maximum Gasteiger partial charge on any atom is 0.251 e. The molecule has 0 bridgehead atoms. The molecule has 0 saturated carbocycles. The van der Waals surface area contributed by atoms with Gasteiger partial charge in [-0.1, -0.05) is 25.4 Å². The Labute approximate surface area is 154 Å². The largest absolute Gasteiger partial charge is 0.341 e. The molecular weight excluding hydrogens is 338 g/mol. The second kappa shape index (κ2) is 9.20. The van der Waals surface area contributed by atoms with Crippen LogP contribution < -0.4 is 11.1 Å². The van der Waals surface area contributed by atoms with E-state index in [4.69, 9.17) is 17.3 Å². The minimum absolute atomic E-state index is 0.00600. The Balaban J connectivity index is 2.03. The Kier molecular flexibility index (Phi) is 7.26. The normalized spacial score (nSPS) is 16.8. The predicted octanol–water partition coefficient (Wildman–Crippen LogP) is 2.68. The lowest BCUT2D eigenvalue weighted by Gasteiger charge is -2.34. The number of hydrogen-bond acceptors (Lipinski definition) is 3. The molecule has 1 unspecified atom stereocenters. The molecule has 0 aliphatic carbocycles. The number of likely N-dealkylation sites (tertiary alicyclic amines) is 1. The fourth-order valence-electron chi connectivity index (χ4n) is 3.15. The summed E-state index contributed by atoms with van der Waals surface area (Å²) < 4.78 is 0.